The number of nitrogens with zero attached hydrogens (tertiary/aromatic N) is 1. The van der Waals surface area contributed by atoms with Gasteiger partial charge in [0.05, 0.1) is 4.92 Å². The zero-order valence-corrected chi connectivity index (χ0v) is 6.36. The average Bonchev–Trinajstić information content (AvgIpc) is 1.64. The Bertz CT molecular complexity index is 140. The third kappa shape index (κ3) is 2.28. The minimum atomic E-state index is -0.558. The van der Waals surface area contributed by atoms with Gasteiger partial charge in [0.15, 0.2) is 3.94 Å². The van der Waals surface area contributed by atoms with Crippen molar-refractivity contribution >= 4 is 27.5 Å². The molecule has 0 aromatic heterocycles. The van der Waals surface area contributed by atoms with Crippen molar-refractivity contribution in [1.29, 1.82) is 0 Å². The Balaban J connectivity index is 4.23. The minimum Gasteiger partial charge on any atom is -0.259 e. The molecule has 0 aromatic carbocycles. The minimum absolute atomic E-state index is 0.0440. The van der Waals surface area contributed by atoms with E-state index in [0.717, 1.165) is 0 Å². The van der Waals surface area contributed by atoms with Crippen LogP contribution >= 0.6 is 27.5 Å². The van der Waals surface area contributed by atoms with Crippen LogP contribution in [0.15, 0.2) is 9.64 Å². The van der Waals surface area contributed by atoms with E-state index in [4.69, 9.17) is 11.6 Å². The van der Waals surface area contributed by atoms with Crippen LogP contribution in [-0.2, 0) is 0 Å². The van der Waals surface area contributed by atoms with E-state index >= 15 is 0 Å². The maximum Gasteiger partial charge on any atom is 0.268 e. The van der Waals surface area contributed by atoms with E-state index < -0.39 is 4.92 Å². The van der Waals surface area contributed by atoms with Crippen molar-refractivity contribution in [3.05, 3.63) is 19.8 Å². The summed E-state index contributed by atoms with van der Waals surface area (Å²) in [4.78, 5) is 9.22. The number of rotatable bonds is 1. The molecule has 5 heteroatoms. The lowest BCUT2D eigenvalue weighted by Crippen LogP contribution is -1.92. The van der Waals surface area contributed by atoms with Gasteiger partial charge in [0.2, 0.25) is 0 Å². The fourth-order valence-electron chi connectivity index (χ4n) is 0.0690. The van der Waals surface area contributed by atoms with Crippen LogP contribution in [0.1, 0.15) is 6.92 Å². The monoisotopic (exact) mass is 199 g/mol. The van der Waals surface area contributed by atoms with Gasteiger partial charge >= 0.3 is 0 Å². The summed E-state index contributed by atoms with van der Waals surface area (Å²) in [5.74, 6) is 0. The van der Waals surface area contributed by atoms with Gasteiger partial charge in [0.1, 0.15) is 0 Å². The second-order valence-corrected chi connectivity index (χ2v) is 2.73. The maximum atomic E-state index is 9.77. The van der Waals surface area contributed by atoms with Crippen molar-refractivity contribution in [3.8, 4) is 0 Å². The molecule has 0 saturated carbocycles. The van der Waals surface area contributed by atoms with E-state index in [2.05, 4.69) is 15.9 Å². The second-order valence-electron chi connectivity index (χ2n) is 1.10. The quantitative estimate of drug-likeness (QED) is 0.480. The summed E-state index contributed by atoms with van der Waals surface area (Å²) in [6, 6.07) is 0. The lowest BCUT2D eigenvalue weighted by atomic mass is 10.6. The number of halogens is 2. The largest absolute Gasteiger partial charge is 0.268 e. The third-order valence-electron chi connectivity index (χ3n) is 0.547. The second kappa shape index (κ2) is 3.04. The molecule has 0 saturated heterocycles. The van der Waals surface area contributed by atoms with Crippen molar-refractivity contribution in [1.82, 2.24) is 0 Å². The first-order valence-electron chi connectivity index (χ1n) is 1.72. The molecule has 0 aliphatic carbocycles. The van der Waals surface area contributed by atoms with E-state index in [-0.39, 0.29) is 9.64 Å². The van der Waals surface area contributed by atoms with Gasteiger partial charge in [-0.05, 0) is 15.9 Å². The Kier molecular flexibility index (Phi) is 3.01. The van der Waals surface area contributed by atoms with Gasteiger partial charge in [-0.2, -0.15) is 0 Å². The molecule has 0 aromatic rings. The van der Waals surface area contributed by atoms with Gasteiger partial charge in [0.25, 0.3) is 5.70 Å². The normalized spacial score (nSPS) is 12.9. The number of hydrogen-bond acceptors (Lipinski definition) is 2. The topological polar surface area (TPSA) is 43.1 Å². The highest BCUT2D eigenvalue weighted by molar-refractivity contribution is 9.12. The molecule has 0 atom stereocenters. The molecule has 46 valence electrons. The summed E-state index contributed by atoms with van der Waals surface area (Å²) in [6.45, 7) is 1.32. The zero-order chi connectivity index (χ0) is 6.73. The Labute approximate surface area is 59.6 Å². The predicted molar refractivity (Wildman–Crippen MR) is 34.5 cm³/mol. The van der Waals surface area contributed by atoms with E-state index in [1.54, 1.807) is 0 Å². The molecular formula is C3H3BrClNO2. The fraction of sp³-hybridized carbons (Fsp3) is 0.333. The first kappa shape index (κ1) is 7.91. The van der Waals surface area contributed by atoms with Crippen LogP contribution in [-0.4, -0.2) is 4.92 Å². The molecule has 0 fully saturated rings. The number of nitro groups is 1. The van der Waals surface area contributed by atoms with Crippen LogP contribution in [0, 0.1) is 10.1 Å². The van der Waals surface area contributed by atoms with Crippen molar-refractivity contribution < 1.29 is 4.92 Å². The Hall–Kier alpha value is -0.0900. The molecule has 0 N–H and O–H groups in total. The lowest BCUT2D eigenvalue weighted by molar-refractivity contribution is -0.424. The molecule has 0 bridgehead atoms. The first-order chi connectivity index (χ1) is 3.55. The van der Waals surface area contributed by atoms with Crippen LogP contribution in [0.3, 0.4) is 0 Å². The number of hydrogen-bond donors (Lipinski definition) is 0. The molecule has 0 aliphatic rings. The summed E-state index contributed by atoms with van der Waals surface area (Å²) in [7, 11) is 0. The van der Waals surface area contributed by atoms with Gasteiger partial charge in [-0.3, -0.25) is 10.1 Å². The van der Waals surface area contributed by atoms with Crippen LogP contribution in [0.25, 0.3) is 0 Å². The van der Waals surface area contributed by atoms with E-state index in [0.29, 0.717) is 0 Å². The Morgan fingerprint density at radius 3 is 2.25 bits per heavy atom. The standard InChI is InChI=1S/C3H3BrClNO2/c1-2(3(4)5)6(7)8/h1H3/b3-2+. The first-order valence-corrected chi connectivity index (χ1v) is 2.89. The maximum absolute atomic E-state index is 9.77. The molecule has 0 rings (SSSR count). The predicted octanol–water partition coefficient (Wildman–Crippen LogP) is 2.09. The number of allylic oxidation sites excluding steroid dienone is 1. The van der Waals surface area contributed by atoms with Gasteiger partial charge in [-0.25, -0.2) is 0 Å². The summed E-state index contributed by atoms with van der Waals surface area (Å²) >= 11 is 7.92. The SMILES string of the molecule is C/C(=C(\Cl)Br)[N+](=O)[O-]. The van der Waals surface area contributed by atoms with Crippen molar-refractivity contribution in [2.75, 3.05) is 0 Å². The van der Waals surface area contributed by atoms with Gasteiger partial charge in [0, 0.05) is 6.92 Å². The Morgan fingerprint density at radius 1 is 1.88 bits per heavy atom. The highest BCUT2D eigenvalue weighted by Crippen LogP contribution is 2.15. The van der Waals surface area contributed by atoms with Gasteiger partial charge in [-0.1, -0.05) is 11.6 Å². The molecule has 0 unspecified atom stereocenters. The third-order valence-corrected chi connectivity index (χ3v) is 1.39. The van der Waals surface area contributed by atoms with Gasteiger partial charge in [-0.15, -0.1) is 0 Å². The molecule has 0 aliphatic heterocycles. The zero-order valence-electron chi connectivity index (χ0n) is 4.02. The highest BCUT2D eigenvalue weighted by Gasteiger charge is 2.05. The summed E-state index contributed by atoms with van der Waals surface area (Å²) in [5, 5.41) is 9.77. The average molecular weight is 200 g/mol. The van der Waals surface area contributed by atoms with Gasteiger partial charge < -0.3 is 0 Å². The van der Waals surface area contributed by atoms with Crippen molar-refractivity contribution in [2.24, 2.45) is 0 Å². The van der Waals surface area contributed by atoms with Crippen LogP contribution in [0.2, 0.25) is 0 Å². The van der Waals surface area contributed by atoms with E-state index in [9.17, 15) is 10.1 Å². The molecule has 0 heterocycles. The van der Waals surface area contributed by atoms with E-state index in [1.165, 1.54) is 6.92 Å². The molecule has 0 radical (unpaired) electrons. The molecule has 8 heavy (non-hydrogen) atoms. The molecule has 3 nitrogen and oxygen atoms in total. The smallest absolute Gasteiger partial charge is 0.259 e. The lowest BCUT2D eigenvalue weighted by Gasteiger charge is -1.85. The van der Waals surface area contributed by atoms with Crippen LogP contribution < -0.4 is 0 Å². The summed E-state index contributed by atoms with van der Waals surface area (Å²) in [6.07, 6.45) is 0. The van der Waals surface area contributed by atoms with Crippen LogP contribution in [0.4, 0.5) is 0 Å². The fourth-order valence-corrected chi connectivity index (χ4v) is 0.283. The van der Waals surface area contributed by atoms with E-state index in [1.807, 2.05) is 0 Å². The van der Waals surface area contributed by atoms with Crippen molar-refractivity contribution in [2.45, 2.75) is 6.92 Å². The van der Waals surface area contributed by atoms with Crippen molar-refractivity contribution in [3.63, 3.8) is 0 Å². The molecular weight excluding hydrogens is 197 g/mol. The van der Waals surface area contributed by atoms with Crippen LogP contribution in [0.5, 0.6) is 0 Å². The molecule has 0 amide bonds. The molecule has 0 spiro atoms. The summed E-state index contributed by atoms with van der Waals surface area (Å²) in [5.41, 5.74) is -0.0772. The summed E-state index contributed by atoms with van der Waals surface area (Å²) < 4.78 is 0.0440. The highest BCUT2D eigenvalue weighted by atomic mass is 79.9. The Morgan fingerprint density at radius 2 is 2.25 bits per heavy atom.